The van der Waals surface area contributed by atoms with E-state index in [1.807, 2.05) is 47.8 Å². The van der Waals surface area contributed by atoms with Gasteiger partial charge in [0.2, 0.25) is 0 Å². The molecule has 8 heteroatoms. The van der Waals surface area contributed by atoms with Gasteiger partial charge in [0.05, 0.1) is 10.2 Å². The van der Waals surface area contributed by atoms with Crippen LogP contribution in [-0.4, -0.2) is 10.9 Å². The average molecular weight is 556 g/mol. The van der Waals surface area contributed by atoms with Crippen molar-refractivity contribution in [2.24, 2.45) is 0 Å². The molecule has 0 saturated carbocycles. The van der Waals surface area contributed by atoms with Gasteiger partial charge in [-0.3, -0.25) is 10.1 Å². The van der Waals surface area contributed by atoms with E-state index < -0.39 is 11.5 Å². The Hall–Kier alpha value is -2.81. The molecule has 0 aliphatic carbocycles. The molecule has 0 unspecified atom stereocenters. The summed E-state index contributed by atoms with van der Waals surface area (Å²) >= 11 is 8.07. The largest absolute Gasteiger partial charge is 0.421 e. The smallest absolute Gasteiger partial charge is 0.349 e. The second-order valence-corrected chi connectivity index (χ2v) is 9.40. The van der Waals surface area contributed by atoms with Crippen LogP contribution in [0.3, 0.4) is 0 Å². The van der Waals surface area contributed by atoms with Crippen molar-refractivity contribution in [3.05, 3.63) is 91.0 Å². The first-order valence-corrected chi connectivity index (χ1v) is 11.6. The fraction of sp³-hybridized carbons (Fsp3) is 0. The molecular weight excluding hydrogens is 544 g/mol. The lowest BCUT2D eigenvalue weighted by atomic mass is 10.0. The Balaban J connectivity index is 1.47. The number of carbonyl (C=O) groups excluding carboxylic acids is 1. The summed E-state index contributed by atoms with van der Waals surface area (Å²) in [6, 6.07) is 19.2. The minimum Gasteiger partial charge on any atom is -0.421 e. The third kappa shape index (κ3) is 3.82. The number of benzene rings is 3. The van der Waals surface area contributed by atoms with Gasteiger partial charge in [-0.15, -0.1) is 11.3 Å². The number of carbonyl (C=O) groups is 1. The number of nitrogens with zero attached hydrogens (tertiary/aromatic N) is 1. The maximum absolute atomic E-state index is 12.8. The van der Waals surface area contributed by atoms with Crippen LogP contribution in [0.15, 0.2) is 84.2 Å². The topological polar surface area (TPSA) is 72.2 Å². The summed E-state index contributed by atoms with van der Waals surface area (Å²) < 4.78 is 6.78. The van der Waals surface area contributed by atoms with Gasteiger partial charge in [-0.2, -0.15) is 0 Å². The third-order valence-corrected chi connectivity index (χ3v) is 6.59. The molecule has 152 valence electrons. The number of nitrogens with one attached hydrogen (secondary N) is 1. The van der Waals surface area contributed by atoms with Crippen LogP contribution in [0.4, 0.5) is 5.13 Å². The number of thiazole rings is 1. The molecule has 0 aliphatic heterocycles. The van der Waals surface area contributed by atoms with Crippen molar-refractivity contribution in [3.63, 3.8) is 0 Å². The number of aromatic nitrogens is 1. The molecular formula is C23H12Br2N2O3S. The molecule has 5 aromatic rings. The molecule has 5 rings (SSSR count). The van der Waals surface area contributed by atoms with Gasteiger partial charge in [0.15, 0.2) is 10.7 Å². The first-order chi connectivity index (χ1) is 15.0. The second-order valence-electron chi connectivity index (χ2n) is 6.77. The Morgan fingerprint density at radius 1 is 1.00 bits per heavy atom. The zero-order valence-electron chi connectivity index (χ0n) is 15.7. The van der Waals surface area contributed by atoms with Crippen LogP contribution >= 0.6 is 43.2 Å². The SMILES string of the molecule is O=C(Nc1nc(-c2cccc3ccccc23)cs1)c1cc2cc(Br)cc(Br)c2oc1=O. The Morgan fingerprint density at radius 2 is 1.81 bits per heavy atom. The standard InChI is InChI=1S/C23H12Br2N2O3S/c24-14-8-13-9-17(22(29)30-20(13)18(25)10-14)21(28)27-23-26-19(11-31-23)16-7-3-5-12-4-1-2-6-15(12)16/h1-11H,(H,26,27,28). The highest BCUT2D eigenvalue weighted by Crippen LogP contribution is 2.31. The molecule has 1 N–H and O–H groups in total. The zero-order chi connectivity index (χ0) is 21.5. The Labute approximate surface area is 197 Å². The molecule has 0 spiro atoms. The van der Waals surface area contributed by atoms with E-state index in [9.17, 15) is 9.59 Å². The van der Waals surface area contributed by atoms with Gasteiger partial charge < -0.3 is 4.42 Å². The lowest BCUT2D eigenvalue weighted by Gasteiger charge is -2.05. The van der Waals surface area contributed by atoms with Crippen LogP contribution in [-0.2, 0) is 0 Å². The molecule has 0 radical (unpaired) electrons. The predicted molar refractivity (Wildman–Crippen MR) is 131 cm³/mol. The number of halogens is 2. The van der Waals surface area contributed by atoms with Gasteiger partial charge in [-0.1, -0.05) is 58.4 Å². The van der Waals surface area contributed by atoms with Gasteiger partial charge in [0, 0.05) is 20.8 Å². The molecule has 0 atom stereocenters. The Kier molecular flexibility index (Phi) is 5.21. The summed E-state index contributed by atoms with van der Waals surface area (Å²) in [6.07, 6.45) is 0. The van der Waals surface area contributed by atoms with Crippen LogP contribution in [0.25, 0.3) is 33.0 Å². The van der Waals surface area contributed by atoms with Crippen LogP contribution in [0, 0.1) is 0 Å². The highest BCUT2D eigenvalue weighted by Gasteiger charge is 2.17. The quantitative estimate of drug-likeness (QED) is 0.247. The normalized spacial score (nSPS) is 11.2. The minimum absolute atomic E-state index is 0.0839. The molecule has 2 heterocycles. The zero-order valence-corrected chi connectivity index (χ0v) is 19.7. The van der Waals surface area contributed by atoms with Crippen molar-refractivity contribution in [1.82, 2.24) is 4.98 Å². The highest BCUT2D eigenvalue weighted by molar-refractivity contribution is 9.11. The molecule has 31 heavy (non-hydrogen) atoms. The van der Waals surface area contributed by atoms with E-state index in [1.54, 1.807) is 12.1 Å². The number of anilines is 1. The van der Waals surface area contributed by atoms with Crippen molar-refractivity contribution < 1.29 is 9.21 Å². The van der Waals surface area contributed by atoms with Crippen molar-refractivity contribution in [3.8, 4) is 11.3 Å². The lowest BCUT2D eigenvalue weighted by Crippen LogP contribution is -2.20. The van der Waals surface area contributed by atoms with Crippen molar-refractivity contribution >= 4 is 76.0 Å². The van der Waals surface area contributed by atoms with E-state index in [1.165, 1.54) is 17.4 Å². The van der Waals surface area contributed by atoms with Gasteiger partial charge in [0.25, 0.3) is 5.91 Å². The highest BCUT2D eigenvalue weighted by atomic mass is 79.9. The van der Waals surface area contributed by atoms with E-state index in [4.69, 9.17) is 4.42 Å². The van der Waals surface area contributed by atoms with E-state index in [0.717, 1.165) is 26.5 Å². The van der Waals surface area contributed by atoms with Crippen LogP contribution in [0.1, 0.15) is 10.4 Å². The molecule has 0 fully saturated rings. The fourth-order valence-corrected chi connectivity index (χ4v) is 5.43. The Morgan fingerprint density at radius 3 is 2.68 bits per heavy atom. The average Bonchev–Trinajstić information content (AvgIpc) is 3.21. The van der Waals surface area contributed by atoms with Gasteiger partial charge in [-0.05, 0) is 44.9 Å². The summed E-state index contributed by atoms with van der Waals surface area (Å²) in [7, 11) is 0. The van der Waals surface area contributed by atoms with Crippen molar-refractivity contribution in [2.75, 3.05) is 5.32 Å². The Bertz CT molecular complexity index is 1540. The molecule has 0 aliphatic rings. The maximum atomic E-state index is 12.8. The second kappa shape index (κ2) is 8.03. The molecule has 2 aromatic heterocycles. The van der Waals surface area contributed by atoms with Crippen LogP contribution in [0.2, 0.25) is 0 Å². The summed E-state index contributed by atoms with van der Waals surface area (Å²) in [6.45, 7) is 0. The number of hydrogen-bond acceptors (Lipinski definition) is 5. The fourth-order valence-electron chi connectivity index (χ4n) is 3.38. The third-order valence-electron chi connectivity index (χ3n) is 4.79. The van der Waals surface area contributed by atoms with Gasteiger partial charge >= 0.3 is 5.63 Å². The van der Waals surface area contributed by atoms with E-state index in [2.05, 4.69) is 42.2 Å². The summed E-state index contributed by atoms with van der Waals surface area (Å²) in [5.41, 5.74) is 1.33. The summed E-state index contributed by atoms with van der Waals surface area (Å²) in [5.74, 6) is -0.564. The van der Waals surface area contributed by atoms with Crippen molar-refractivity contribution in [1.29, 1.82) is 0 Å². The minimum atomic E-state index is -0.709. The molecule has 0 saturated heterocycles. The first kappa shape index (κ1) is 20.1. The van der Waals surface area contributed by atoms with Crippen LogP contribution < -0.4 is 10.9 Å². The van der Waals surface area contributed by atoms with Crippen molar-refractivity contribution in [2.45, 2.75) is 0 Å². The van der Waals surface area contributed by atoms with Gasteiger partial charge in [-0.25, -0.2) is 9.78 Å². The number of hydrogen-bond donors (Lipinski definition) is 1. The molecule has 5 nitrogen and oxygen atoms in total. The lowest BCUT2D eigenvalue weighted by molar-refractivity contribution is 0.102. The monoisotopic (exact) mass is 554 g/mol. The van der Waals surface area contributed by atoms with E-state index in [0.29, 0.717) is 20.6 Å². The molecule has 0 bridgehead atoms. The van der Waals surface area contributed by atoms with E-state index >= 15 is 0 Å². The number of fused-ring (bicyclic) bond motifs is 2. The van der Waals surface area contributed by atoms with E-state index in [-0.39, 0.29) is 5.56 Å². The summed E-state index contributed by atoms with van der Waals surface area (Å²) in [5, 5.41) is 7.83. The molecule has 1 amide bonds. The number of rotatable bonds is 3. The predicted octanol–water partition coefficient (Wildman–Crippen LogP) is 6.85. The van der Waals surface area contributed by atoms with Gasteiger partial charge in [0.1, 0.15) is 5.56 Å². The molecule has 3 aromatic carbocycles. The number of amides is 1. The van der Waals surface area contributed by atoms with Crippen LogP contribution in [0.5, 0.6) is 0 Å². The maximum Gasteiger partial charge on any atom is 0.349 e. The summed E-state index contributed by atoms with van der Waals surface area (Å²) in [4.78, 5) is 29.7. The first-order valence-electron chi connectivity index (χ1n) is 9.17.